The zero-order valence-corrected chi connectivity index (χ0v) is 16.3. The second kappa shape index (κ2) is 8.52. The number of hydrogen-bond donors (Lipinski definition) is 0. The van der Waals surface area contributed by atoms with Crippen molar-refractivity contribution in [2.75, 3.05) is 28.4 Å². The van der Waals surface area contributed by atoms with Gasteiger partial charge in [0.15, 0.2) is 23.0 Å². The third-order valence-corrected chi connectivity index (χ3v) is 4.33. The highest BCUT2D eigenvalue weighted by atomic mass is 16.5. The monoisotopic (exact) mass is 382 g/mol. The second-order valence-corrected chi connectivity index (χ2v) is 6.06. The normalized spacial score (nSPS) is 16.2. The zero-order valence-electron chi connectivity index (χ0n) is 16.3. The molecule has 0 unspecified atom stereocenters. The van der Waals surface area contributed by atoms with Crippen LogP contribution in [0.5, 0.6) is 23.0 Å². The Morgan fingerprint density at radius 3 is 1.75 bits per heavy atom. The van der Waals surface area contributed by atoms with Crippen LogP contribution in [-0.2, 0) is 9.53 Å². The average molecular weight is 382 g/mol. The summed E-state index contributed by atoms with van der Waals surface area (Å²) in [5.41, 5.74) is 2.50. The summed E-state index contributed by atoms with van der Waals surface area (Å²) >= 11 is 0. The Morgan fingerprint density at radius 2 is 1.25 bits per heavy atom. The van der Waals surface area contributed by atoms with Crippen LogP contribution in [0.1, 0.15) is 17.5 Å². The minimum absolute atomic E-state index is 0.202. The third kappa shape index (κ3) is 4.11. The summed E-state index contributed by atoms with van der Waals surface area (Å²) in [6, 6.07) is 11.1. The van der Waals surface area contributed by atoms with Gasteiger partial charge >= 0.3 is 5.97 Å². The largest absolute Gasteiger partial charge is 0.493 e. The van der Waals surface area contributed by atoms with Gasteiger partial charge < -0.3 is 23.7 Å². The number of benzene rings is 2. The Balaban J connectivity index is 1.96. The van der Waals surface area contributed by atoms with E-state index in [0.717, 1.165) is 16.7 Å². The molecule has 0 radical (unpaired) electrons. The molecule has 1 fully saturated rings. The number of rotatable bonds is 6. The highest BCUT2D eigenvalue weighted by molar-refractivity contribution is 5.85. The standard InChI is InChI=1S/C22H22O6/c1-24-17-7-5-14(11-20(17)26-3)9-16-13-22(23)28-19(16)10-15-6-8-18(25-2)21(12-15)27-4/h5-12H,13H2,1-4H3. The van der Waals surface area contributed by atoms with E-state index in [1.165, 1.54) is 0 Å². The van der Waals surface area contributed by atoms with Crippen molar-refractivity contribution in [1.29, 1.82) is 0 Å². The lowest BCUT2D eigenvalue weighted by atomic mass is 10.1. The molecule has 2 aromatic rings. The molecule has 28 heavy (non-hydrogen) atoms. The summed E-state index contributed by atoms with van der Waals surface area (Å²) < 4.78 is 26.6. The topological polar surface area (TPSA) is 63.2 Å². The summed E-state index contributed by atoms with van der Waals surface area (Å²) in [7, 11) is 6.33. The summed E-state index contributed by atoms with van der Waals surface area (Å²) in [6.07, 6.45) is 3.91. The summed E-state index contributed by atoms with van der Waals surface area (Å²) in [5.74, 6) is 2.71. The highest BCUT2D eigenvalue weighted by Gasteiger charge is 2.23. The van der Waals surface area contributed by atoms with E-state index in [2.05, 4.69) is 0 Å². The molecule has 1 aliphatic heterocycles. The van der Waals surface area contributed by atoms with E-state index in [1.807, 2.05) is 36.4 Å². The minimum Gasteiger partial charge on any atom is -0.493 e. The number of carbonyl (C=O) groups excluding carboxylic acids is 1. The quantitative estimate of drug-likeness (QED) is 0.701. The Kier molecular flexibility index (Phi) is 5.89. The van der Waals surface area contributed by atoms with Crippen molar-refractivity contribution >= 4 is 18.1 Å². The van der Waals surface area contributed by atoms with Gasteiger partial charge in [0.25, 0.3) is 0 Å². The van der Waals surface area contributed by atoms with E-state index < -0.39 is 0 Å². The van der Waals surface area contributed by atoms with Gasteiger partial charge in [-0.3, -0.25) is 4.79 Å². The van der Waals surface area contributed by atoms with Crippen molar-refractivity contribution in [1.82, 2.24) is 0 Å². The van der Waals surface area contributed by atoms with Crippen LogP contribution in [0.4, 0.5) is 0 Å². The maximum Gasteiger partial charge on any atom is 0.315 e. The first-order valence-electron chi connectivity index (χ1n) is 8.65. The van der Waals surface area contributed by atoms with Gasteiger partial charge in [0.1, 0.15) is 5.76 Å². The van der Waals surface area contributed by atoms with Gasteiger partial charge in [0, 0.05) is 5.57 Å². The van der Waals surface area contributed by atoms with Crippen LogP contribution in [0.3, 0.4) is 0 Å². The molecule has 2 aromatic carbocycles. The molecular formula is C22H22O6. The smallest absolute Gasteiger partial charge is 0.315 e. The van der Waals surface area contributed by atoms with Crippen LogP contribution in [0.15, 0.2) is 47.7 Å². The molecule has 6 heteroatoms. The summed E-state index contributed by atoms with van der Waals surface area (Å²) in [4.78, 5) is 11.9. The zero-order chi connectivity index (χ0) is 20.1. The summed E-state index contributed by atoms with van der Waals surface area (Å²) in [6.45, 7) is 0. The van der Waals surface area contributed by atoms with Crippen molar-refractivity contribution in [2.45, 2.75) is 6.42 Å². The molecule has 0 aromatic heterocycles. The maximum absolute atomic E-state index is 11.9. The number of carbonyl (C=O) groups is 1. The molecule has 1 aliphatic rings. The van der Waals surface area contributed by atoms with Crippen LogP contribution in [0.2, 0.25) is 0 Å². The lowest BCUT2D eigenvalue weighted by molar-refractivity contribution is -0.135. The number of ether oxygens (including phenoxy) is 5. The molecule has 0 bridgehead atoms. The molecule has 3 rings (SSSR count). The van der Waals surface area contributed by atoms with Crippen LogP contribution < -0.4 is 18.9 Å². The molecule has 1 heterocycles. The molecule has 0 spiro atoms. The average Bonchev–Trinajstić information content (AvgIpc) is 3.06. The Morgan fingerprint density at radius 1 is 0.750 bits per heavy atom. The van der Waals surface area contributed by atoms with Crippen molar-refractivity contribution in [3.05, 3.63) is 58.9 Å². The van der Waals surface area contributed by atoms with E-state index in [4.69, 9.17) is 23.7 Å². The second-order valence-electron chi connectivity index (χ2n) is 6.06. The number of esters is 1. The third-order valence-electron chi connectivity index (χ3n) is 4.33. The number of cyclic esters (lactones) is 1. The van der Waals surface area contributed by atoms with E-state index >= 15 is 0 Å². The molecular weight excluding hydrogens is 360 g/mol. The van der Waals surface area contributed by atoms with Gasteiger partial charge in [-0.15, -0.1) is 0 Å². The molecule has 146 valence electrons. The van der Waals surface area contributed by atoms with Crippen LogP contribution in [0.25, 0.3) is 12.2 Å². The predicted octanol–water partition coefficient (Wildman–Crippen LogP) is 4.09. The van der Waals surface area contributed by atoms with Crippen molar-refractivity contribution in [2.24, 2.45) is 0 Å². The van der Waals surface area contributed by atoms with Gasteiger partial charge in [-0.05, 0) is 47.5 Å². The number of hydrogen-bond acceptors (Lipinski definition) is 6. The first-order valence-corrected chi connectivity index (χ1v) is 8.65. The Hall–Kier alpha value is -3.41. The molecule has 0 amide bonds. The van der Waals surface area contributed by atoms with Crippen LogP contribution >= 0.6 is 0 Å². The van der Waals surface area contributed by atoms with Crippen LogP contribution in [0, 0.1) is 0 Å². The minimum atomic E-state index is -0.293. The molecule has 6 nitrogen and oxygen atoms in total. The Labute approximate surface area is 163 Å². The summed E-state index contributed by atoms with van der Waals surface area (Å²) in [5, 5.41) is 0. The molecule has 0 N–H and O–H groups in total. The molecule has 0 aliphatic carbocycles. The van der Waals surface area contributed by atoms with Crippen molar-refractivity contribution in [3.63, 3.8) is 0 Å². The van der Waals surface area contributed by atoms with Crippen LogP contribution in [-0.4, -0.2) is 34.4 Å². The molecule has 0 saturated carbocycles. The van der Waals surface area contributed by atoms with Gasteiger partial charge in [0.2, 0.25) is 0 Å². The van der Waals surface area contributed by atoms with E-state index in [-0.39, 0.29) is 12.4 Å². The van der Waals surface area contributed by atoms with E-state index in [0.29, 0.717) is 28.8 Å². The fourth-order valence-electron chi connectivity index (χ4n) is 2.95. The first kappa shape index (κ1) is 19.4. The lowest BCUT2D eigenvalue weighted by Gasteiger charge is -2.09. The number of methoxy groups -OCH3 is 4. The Bertz CT molecular complexity index is 867. The van der Waals surface area contributed by atoms with Gasteiger partial charge in [-0.2, -0.15) is 0 Å². The van der Waals surface area contributed by atoms with E-state index in [9.17, 15) is 4.79 Å². The predicted molar refractivity (Wildman–Crippen MR) is 106 cm³/mol. The van der Waals surface area contributed by atoms with Gasteiger partial charge in [-0.25, -0.2) is 0 Å². The fraction of sp³-hybridized carbons (Fsp3) is 0.227. The highest BCUT2D eigenvalue weighted by Crippen LogP contribution is 2.34. The van der Waals surface area contributed by atoms with Gasteiger partial charge in [-0.1, -0.05) is 12.1 Å². The van der Waals surface area contributed by atoms with E-state index in [1.54, 1.807) is 40.6 Å². The fourth-order valence-corrected chi connectivity index (χ4v) is 2.95. The van der Waals surface area contributed by atoms with Crippen molar-refractivity contribution in [3.8, 4) is 23.0 Å². The van der Waals surface area contributed by atoms with Crippen molar-refractivity contribution < 1.29 is 28.5 Å². The molecule has 0 atom stereocenters. The van der Waals surface area contributed by atoms with Gasteiger partial charge in [0.05, 0.1) is 34.9 Å². The number of allylic oxidation sites excluding steroid dienone is 1. The first-order chi connectivity index (χ1) is 13.6. The lowest BCUT2D eigenvalue weighted by Crippen LogP contribution is -1.92. The SMILES string of the molecule is COc1ccc(C=C2CC(=O)OC2=Cc2ccc(OC)c(OC)c2)cc1OC. The maximum atomic E-state index is 11.9. The molecule has 1 saturated heterocycles.